The molecule has 2 N–H and O–H groups in total. The summed E-state index contributed by atoms with van der Waals surface area (Å²) in [5.41, 5.74) is 0. The Morgan fingerprint density at radius 1 is 0.600 bits per heavy atom. The number of carbonyl (C=O) groups is 2. The Hall–Kier alpha value is -1.06. The van der Waals surface area contributed by atoms with Crippen LogP contribution in [0.5, 0.6) is 0 Å². The molecule has 4 heteroatoms. The van der Waals surface area contributed by atoms with Crippen molar-refractivity contribution in [3.63, 3.8) is 0 Å². The smallest absolute Gasteiger partial charge is 0.318 e. The van der Waals surface area contributed by atoms with Crippen molar-refractivity contribution in [1.82, 2.24) is 0 Å². The molecule has 0 spiro atoms. The number of aliphatic carboxylic acids is 2. The van der Waals surface area contributed by atoms with Crippen molar-refractivity contribution in [3.05, 3.63) is 0 Å². The third kappa shape index (κ3) is 12.9. The predicted octanol–water partition coefficient (Wildman–Crippen LogP) is 6.28. The summed E-state index contributed by atoms with van der Waals surface area (Å²) in [6, 6.07) is 0. The first-order valence-electron chi connectivity index (χ1n) is 10.5. The third-order valence-corrected chi connectivity index (χ3v) is 5.11. The topological polar surface area (TPSA) is 74.6 Å². The minimum Gasteiger partial charge on any atom is -0.481 e. The zero-order valence-corrected chi connectivity index (χ0v) is 16.5. The van der Waals surface area contributed by atoms with E-state index in [1.165, 1.54) is 57.8 Å². The van der Waals surface area contributed by atoms with Crippen molar-refractivity contribution in [2.75, 3.05) is 0 Å². The molecule has 0 saturated heterocycles. The van der Waals surface area contributed by atoms with Crippen LogP contribution in [0.1, 0.15) is 110 Å². The third-order valence-electron chi connectivity index (χ3n) is 5.11. The zero-order chi connectivity index (χ0) is 18.9. The van der Waals surface area contributed by atoms with E-state index in [0.717, 1.165) is 38.5 Å². The van der Waals surface area contributed by atoms with E-state index < -0.39 is 17.9 Å². The van der Waals surface area contributed by atoms with Gasteiger partial charge in [-0.25, -0.2) is 0 Å². The van der Waals surface area contributed by atoms with Crippen molar-refractivity contribution in [1.29, 1.82) is 0 Å². The monoisotopic (exact) mass is 356 g/mol. The molecule has 148 valence electrons. The van der Waals surface area contributed by atoms with Crippen LogP contribution in [-0.2, 0) is 9.59 Å². The van der Waals surface area contributed by atoms with E-state index >= 15 is 0 Å². The molecular weight excluding hydrogens is 316 g/mol. The SMILES string of the molecule is CCCCCCCCCC(CCCCCCCC)C(C(=O)O)C(=O)O. The lowest BCUT2D eigenvalue weighted by molar-refractivity contribution is -0.157. The number of carboxylic acid groups (broad SMARTS) is 2. The van der Waals surface area contributed by atoms with Gasteiger partial charge in [0.1, 0.15) is 0 Å². The maximum absolute atomic E-state index is 11.4. The molecule has 0 rings (SSSR count). The van der Waals surface area contributed by atoms with Gasteiger partial charge in [-0.1, -0.05) is 97.3 Å². The van der Waals surface area contributed by atoms with Crippen LogP contribution in [0.2, 0.25) is 0 Å². The molecule has 0 aromatic carbocycles. The Morgan fingerprint density at radius 3 is 1.24 bits per heavy atom. The molecule has 0 bridgehead atoms. The molecule has 1 atom stereocenters. The average molecular weight is 357 g/mol. The van der Waals surface area contributed by atoms with Crippen LogP contribution < -0.4 is 0 Å². The molecule has 0 fully saturated rings. The molecular formula is C21H40O4. The maximum atomic E-state index is 11.4. The quantitative estimate of drug-likeness (QED) is 0.224. The second-order valence-corrected chi connectivity index (χ2v) is 7.38. The molecule has 0 aliphatic carbocycles. The average Bonchev–Trinajstić information content (AvgIpc) is 2.56. The van der Waals surface area contributed by atoms with E-state index in [4.69, 9.17) is 0 Å². The van der Waals surface area contributed by atoms with Crippen LogP contribution in [0.3, 0.4) is 0 Å². The van der Waals surface area contributed by atoms with E-state index in [2.05, 4.69) is 13.8 Å². The largest absolute Gasteiger partial charge is 0.481 e. The van der Waals surface area contributed by atoms with Crippen LogP contribution in [-0.4, -0.2) is 22.2 Å². The molecule has 25 heavy (non-hydrogen) atoms. The van der Waals surface area contributed by atoms with Crippen molar-refractivity contribution in [2.24, 2.45) is 11.8 Å². The molecule has 0 aromatic heterocycles. The van der Waals surface area contributed by atoms with Crippen molar-refractivity contribution in [3.8, 4) is 0 Å². The maximum Gasteiger partial charge on any atom is 0.318 e. The summed E-state index contributed by atoms with van der Waals surface area (Å²) >= 11 is 0. The van der Waals surface area contributed by atoms with Crippen LogP contribution in [0.15, 0.2) is 0 Å². The first kappa shape index (κ1) is 23.9. The molecule has 4 nitrogen and oxygen atoms in total. The minimum absolute atomic E-state index is 0.225. The van der Waals surface area contributed by atoms with Crippen LogP contribution in [0, 0.1) is 11.8 Å². The summed E-state index contributed by atoms with van der Waals surface area (Å²) in [7, 11) is 0. The second-order valence-electron chi connectivity index (χ2n) is 7.38. The van der Waals surface area contributed by atoms with E-state index in [1.54, 1.807) is 0 Å². The summed E-state index contributed by atoms with van der Waals surface area (Å²) in [4.78, 5) is 22.8. The Labute approximate surface area is 154 Å². The van der Waals surface area contributed by atoms with Crippen molar-refractivity contribution < 1.29 is 19.8 Å². The Balaban J connectivity index is 4.24. The van der Waals surface area contributed by atoms with Crippen molar-refractivity contribution in [2.45, 2.75) is 110 Å². The summed E-state index contributed by atoms with van der Waals surface area (Å²) in [5.74, 6) is -3.81. The zero-order valence-electron chi connectivity index (χ0n) is 16.5. The highest BCUT2D eigenvalue weighted by atomic mass is 16.4. The van der Waals surface area contributed by atoms with Crippen molar-refractivity contribution >= 4 is 11.9 Å². The Kier molecular flexibility index (Phi) is 15.7. The fourth-order valence-corrected chi connectivity index (χ4v) is 3.54. The first-order chi connectivity index (χ1) is 12.0. The molecule has 0 amide bonds. The van der Waals surface area contributed by atoms with Gasteiger partial charge in [-0.2, -0.15) is 0 Å². The molecule has 0 aromatic rings. The second kappa shape index (κ2) is 16.4. The highest BCUT2D eigenvalue weighted by molar-refractivity contribution is 5.93. The van der Waals surface area contributed by atoms with Crippen LogP contribution in [0.4, 0.5) is 0 Å². The number of carboxylic acids is 2. The lowest BCUT2D eigenvalue weighted by atomic mass is 9.83. The fraction of sp³-hybridized carbons (Fsp3) is 0.905. The van der Waals surface area contributed by atoms with Gasteiger partial charge in [0.2, 0.25) is 0 Å². The fourth-order valence-electron chi connectivity index (χ4n) is 3.54. The molecule has 1 unspecified atom stereocenters. The van der Waals surface area contributed by atoms with E-state index in [9.17, 15) is 19.8 Å². The van der Waals surface area contributed by atoms with Crippen LogP contribution in [0.25, 0.3) is 0 Å². The first-order valence-corrected chi connectivity index (χ1v) is 10.5. The van der Waals surface area contributed by atoms with E-state index in [-0.39, 0.29) is 5.92 Å². The normalized spacial score (nSPS) is 12.4. The van der Waals surface area contributed by atoms with Gasteiger partial charge < -0.3 is 10.2 Å². The molecule has 0 heterocycles. The molecule has 0 radical (unpaired) electrons. The summed E-state index contributed by atoms with van der Waals surface area (Å²) in [6.45, 7) is 4.38. The Bertz CT molecular complexity index is 327. The molecule has 0 aliphatic rings. The van der Waals surface area contributed by atoms with Gasteiger partial charge in [-0.05, 0) is 18.8 Å². The Morgan fingerprint density at radius 2 is 0.920 bits per heavy atom. The highest BCUT2D eigenvalue weighted by Crippen LogP contribution is 2.27. The predicted molar refractivity (Wildman–Crippen MR) is 103 cm³/mol. The number of hydrogen-bond acceptors (Lipinski definition) is 2. The standard InChI is InChI=1S/C21H40O4/c1-3-5-7-9-11-13-15-17-18(19(20(22)23)21(24)25)16-14-12-10-8-6-4-2/h18-19H,3-17H2,1-2H3,(H,22,23)(H,24,25). The molecule has 0 aliphatic heterocycles. The van der Waals surface area contributed by atoms with Crippen LogP contribution >= 0.6 is 0 Å². The van der Waals surface area contributed by atoms with Gasteiger partial charge >= 0.3 is 11.9 Å². The van der Waals surface area contributed by atoms with Gasteiger partial charge in [0, 0.05) is 0 Å². The lowest BCUT2D eigenvalue weighted by Crippen LogP contribution is -2.31. The minimum atomic E-state index is -1.24. The number of hydrogen-bond donors (Lipinski definition) is 2. The van der Waals surface area contributed by atoms with E-state index in [0.29, 0.717) is 0 Å². The summed E-state index contributed by atoms with van der Waals surface area (Å²) in [5, 5.41) is 18.6. The highest BCUT2D eigenvalue weighted by Gasteiger charge is 2.33. The van der Waals surface area contributed by atoms with Gasteiger partial charge in [-0.3, -0.25) is 9.59 Å². The van der Waals surface area contributed by atoms with E-state index in [1.807, 2.05) is 0 Å². The lowest BCUT2D eigenvalue weighted by Gasteiger charge is -2.21. The summed E-state index contributed by atoms with van der Waals surface area (Å²) in [6.07, 6.45) is 16.6. The number of unbranched alkanes of at least 4 members (excludes halogenated alkanes) is 11. The molecule has 0 saturated carbocycles. The van der Waals surface area contributed by atoms with Gasteiger partial charge in [-0.15, -0.1) is 0 Å². The van der Waals surface area contributed by atoms with Gasteiger partial charge in [0.05, 0.1) is 0 Å². The van der Waals surface area contributed by atoms with Gasteiger partial charge in [0.25, 0.3) is 0 Å². The summed E-state index contributed by atoms with van der Waals surface area (Å²) < 4.78 is 0. The number of rotatable bonds is 18. The van der Waals surface area contributed by atoms with Gasteiger partial charge in [0.15, 0.2) is 5.92 Å².